The van der Waals surface area contributed by atoms with E-state index < -0.39 is 0 Å². The van der Waals surface area contributed by atoms with Crippen molar-refractivity contribution in [2.45, 2.75) is 33.6 Å². The van der Waals surface area contributed by atoms with Crippen LogP contribution in [0.4, 0.5) is 4.39 Å². The van der Waals surface area contributed by atoms with Gasteiger partial charge < -0.3 is 0 Å². The van der Waals surface area contributed by atoms with Crippen LogP contribution in [0.2, 0.25) is 0 Å². The van der Waals surface area contributed by atoms with Gasteiger partial charge in [-0.05, 0) is 23.6 Å². The van der Waals surface area contributed by atoms with Crippen LogP contribution < -0.4 is 0 Å². The molecular weight excluding hydrogens is 203 g/mol. The van der Waals surface area contributed by atoms with Gasteiger partial charge in [-0.2, -0.15) is 0 Å². The number of rotatable bonds is 4. The van der Waals surface area contributed by atoms with E-state index in [0.717, 1.165) is 5.56 Å². The fourth-order valence-electron chi connectivity index (χ4n) is 1.91. The summed E-state index contributed by atoms with van der Waals surface area (Å²) >= 11 is 0. The highest BCUT2D eigenvalue weighted by Gasteiger charge is 2.25. The molecule has 0 bridgehead atoms. The molecule has 1 rings (SSSR count). The predicted octanol–water partition coefficient (Wildman–Crippen LogP) is 3.79. The molecule has 0 aromatic heterocycles. The summed E-state index contributed by atoms with van der Waals surface area (Å²) in [6, 6.07) is 6.25. The zero-order valence-electron chi connectivity index (χ0n) is 10.3. The first-order valence-corrected chi connectivity index (χ1v) is 5.72. The van der Waals surface area contributed by atoms with Crippen LogP contribution in [0.5, 0.6) is 0 Å². The lowest BCUT2D eigenvalue weighted by Gasteiger charge is -2.22. The largest absolute Gasteiger partial charge is 0.299 e. The summed E-state index contributed by atoms with van der Waals surface area (Å²) in [4.78, 5) is 12.1. The standard InChI is InChI=1S/C14H19FO/c1-9(2)13(14(16)10(3)4)11-5-7-12(15)8-6-11/h5-10,13H,1-4H3/t13-/m1/s1. The van der Waals surface area contributed by atoms with E-state index in [9.17, 15) is 9.18 Å². The van der Waals surface area contributed by atoms with Crippen molar-refractivity contribution >= 4 is 5.78 Å². The number of carbonyl (C=O) groups is 1. The number of ketones is 1. The molecule has 0 aliphatic heterocycles. The monoisotopic (exact) mass is 222 g/mol. The Hall–Kier alpha value is -1.18. The molecule has 0 aliphatic carbocycles. The van der Waals surface area contributed by atoms with Crippen LogP contribution in [0.25, 0.3) is 0 Å². The molecular formula is C14H19FO. The second kappa shape index (κ2) is 5.24. The van der Waals surface area contributed by atoms with E-state index in [1.807, 2.05) is 27.7 Å². The average molecular weight is 222 g/mol. The van der Waals surface area contributed by atoms with Gasteiger partial charge in [-0.1, -0.05) is 39.8 Å². The van der Waals surface area contributed by atoms with Gasteiger partial charge in [0.1, 0.15) is 11.6 Å². The summed E-state index contributed by atoms with van der Waals surface area (Å²) in [7, 11) is 0. The SMILES string of the molecule is CC(C)C(=O)[C@@H](c1ccc(F)cc1)C(C)C. The van der Waals surface area contributed by atoms with E-state index in [-0.39, 0.29) is 29.4 Å². The molecule has 0 N–H and O–H groups in total. The van der Waals surface area contributed by atoms with Gasteiger partial charge in [-0.25, -0.2) is 4.39 Å². The third kappa shape index (κ3) is 2.91. The molecule has 16 heavy (non-hydrogen) atoms. The van der Waals surface area contributed by atoms with Crippen LogP contribution in [-0.4, -0.2) is 5.78 Å². The Balaban J connectivity index is 3.03. The number of hydrogen-bond donors (Lipinski definition) is 0. The molecule has 1 nitrogen and oxygen atoms in total. The summed E-state index contributed by atoms with van der Waals surface area (Å²) in [6.07, 6.45) is 0. The molecule has 2 heteroatoms. The van der Waals surface area contributed by atoms with Crippen LogP contribution in [0, 0.1) is 17.7 Å². The van der Waals surface area contributed by atoms with Crippen LogP contribution in [0.1, 0.15) is 39.2 Å². The molecule has 1 aromatic rings. The van der Waals surface area contributed by atoms with E-state index in [2.05, 4.69) is 0 Å². The minimum atomic E-state index is -0.261. The maximum absolute atomic E-state index is 12.8. The second-order valence-electron chi connectivity index (χ2n) is 4.83. The van der Waals surface area contributed by atoms with Crippen LogP contribution in [0.15, 0.2) is 24.3 Å². The second-order valence-corrected chi connectivity index (χ2v) is 4.83. The summed E-state index contributed by atoms with van der Waals surface area (Å²) < 4.78 is 12.8. The maximum Gasteiger partial charge on any atom is 0.143 e. The number of benzene rings is 1. The average Bonchev–Trinajstić information content (AvgIpc) is 2.20. The van der Waals surface area contributed by atoms with E-state index in [1.54, 1.807) is 12.1 Å². The van der Waals surface area contributed by atoms with Gasteiger partial charge in [0.05, 0.1) is 0 Å². The first kappa shape index (κ1) is 12.9. The fraction of sp³-hybridized carbons (Fsp3) is 0.500. The highest BCUT2D eigenvalue weighted by Crippen LogP contribution is 2.28. The maximum atomic E-state index is 12.8. The highest BCUT2D eigenvalue weighted by molar-refractivity contribution is 5.87. The minimum absolute atomic E-state index is 0.0115. The molecule has 0 amide bonds. The van der Waals surface area contributed by atoms with Gasteiger partial charge in [0, 0.05) is 11.8 Å². The lowest BCUT2D eigenvalue weighted by molar-refractivity contribution is -0.124. The Morgan fingerprint density at radius 3 is 1.94 bits per heavy atom. The zero-order chi connectivity index (χ0) is 12.3. The zero-order valence-corrected chi connectivity index (χ0v) is 10.3. The molecule has 88 valence electrons. The fourth-order valence-corrected chi connectivity index (χ4v) is 1.91. The molecule has 1 aromatic carbocycles. The van der Waals surface area contributed by atoms with Gasteiger partial charge in [0.25, 0.3) is 0 Å². The van der Waals surface area contributed by atoms with Crippen molar-refractivity contribution in [2.75, 3.05) is 0 Å². The molecule has 0 spiro atoms. The first-order valence-electron chi connectivity index (χ1n) is 5.72. The molecule has 0 radical (unpaired) electrons. The molecule has 0 unspecified atom stereocenters. The van der Waals surface area contributed by atoms with Gasteiger partial charge in [0.15, 0.2) is 0 Å². The van der Waals surface area contributed by atoms with Crippen molar-refractivity contribution in [3.05, 3.63) is 35.6 Å². The van der Waals surface area contributed by atoms with Gasteiger partial charge in [-0.15, -0.1) is 0 Å². The normalized spacial score (nSPS) is 13.2. The smallest absolute Gasteiger partial charge is 0.143 e. The summed E-state index contributed by atoms with van der Waals surface area (Å²) in [5, 5.41) is 0. The Labute approximate surface area is 96.7 Å². The van der Waals surface area contributed by atoms with E-state index >= 15 is 0 Å². The van der Waals surface area contributed by atoms with Crippen molar-refractivity contribution in [1.29, 1.82) is 0 Å². The summed E-state index contributed by atoms with van der Waals surface area (Å²) in [6.45, 7) is 7.85. The first-order chi connectivity index (χ1) is 7.43. The Bertz CT molecular complexity index is 352. The predicted molar refractivity (Wildman–Crippen MR) is 63.8 cm³/mol. The van der Waals surface area contributed by atoms with Gasteiger partial charge >= 0.3 is 0 Å². The summed E-state index contributed by atoms with van der Waals surface area (Å²) in [5.41, 5.74) is 0.912. The van der Waals surface area contributed by atoms with Crippen molar-refractivity contribution in [2.24, 2.45) is 11.8 Å². The highest BCUT2D eigenvalue weighted by atomic mass is 19.1. The third-order valence-electron chi connectivity index (χ3n) is 2.77. The molecule has 0 heterocycles. The minimum Gasteiger partial charge on any atom is -0.299 e. The number of carbonyl (C=O) groups excluding carboxylic acids is 1. The van der Waals surface area contributed by atoms with Crippen LogP contribution in [0.3, 0.4) is 0 Å². The summed E-state index contributed by atoms with van der Waals surface area (Å²) in [5.74, 6) is 0.0864. The Kier molecular flexibility index (Phi) is 4.22. The number of halogens is 1. The number of hydrogen-bond acceptors (Lipinski definition) is 1. The van der Waals surface area contributed by atoms with E-state index in [0.29, 0.717) is 0 Å². The van der Waals surface area contributed by atoms with Gasteiger partial charge in [-0.3, -0.25) is 4.79 Å². The topological polar surface area (TPSA) is 17.1 Å². The Morgan fingerprint density at radius 1 is 1.06 bits per heavy atom. The van der Waals surface area contributed by atoms with Crippen molar-refractivity contribution < 1.29 is 9.18 Å². The van der Waals surface area contributed by atoms with Crippen LogP contribution in [-0.2, 0) is 4.79 Å². The van der Waals surface area contributed by atoms with Crippen molar-refractivity contribution in [3.8, 4) is 0 Å². The molecule has 0 saturated carbocycles. The van der Waals surface area contributed by atoms with E-state index in [1.165, 1.54) is 12.1 Å². The quantitative estimate of drug-likeness (QED) is 0.757. The molecule has 1 atom stereocenters. The Morgan fingerprint density at radius 2 is 1.56 bits per heavy atom. The molecule has 0 fully saturated rings. The third-order valence-corrected chi connectivity index (χ3v) is 2.77. The van der Waals surface area contributed by atoms with Crippen LogP contribution >= 0.6 is 0 Å². The molecule has 0 saturated heterocycles. The molecule has 0 aliphatic rings. The van der Waals surface area contributed by atoms with Crippen molar-refractivity contribution in [1.82, 2.24) is 0 Å². The lowest BCUT2D eigenvalue weighted by atomic mass is 9.81. The van der Waals surface area contributed by atoms with Crippen molar-refractivity contribution in [3.63, 3.8) is 0 Å². The number of Topliss-reactive ketones (excluding diaryl/α,β-unsaturated/α-hetero) is 1. The van der Waals surface area contributed by atoms with Gasteiger partial charge in [0.2, 0.25) is 0 Å². The lowest BCUT2D eigenvalue weighted by Crippen LogP contribution is -2.22. The van der Waals surface area contributed by atoms with E-state index in [4.69, 9.17) is 0 Å².